The molecular weight excluding hydrogens is 326 g/mol. The molecule has 2 aromatic carbocycles. The Labute approximate surface area is 154 Å². The lowest BCUT2D eigenvalue weighted by molar-refractivity contribution is 0.102. The fraction of sp³-hybridized carbons (Fsp3) is 0.333. The molecule has 0 spiro atoms. The normalized spacial score (nSPS) is 14.7. The maximum Gasteiger partial charge on any atom is 0.321 e. The molecule has 0 aromatic heterocycles. The van der Waals surface area contributed by atoms with Gasteiger partial charge in [-0.15, -0.1) is 0 Å². The lowest BCUT2D eigenvalue weighted by Crippen LogP contribution is -2.46. The highest BCUT2D eigenvalue weighted by molar-refractivity contribution is 6.04. The number of carbonyl (C=O) groups excluding carboxylic acids is 2. The van der Waals surface area contributed by atoms with Crippen molar-refractivity contribution in [3.05, 3.63) is 59.7 Å². The minimum atomic E-state index is -0.145. The number of nitrogens with one attached hydrogen (secondary N) is 2. The Hall–Kier alpha value is -2.82. The largest absolute Gasteiger partial charge is 0.338 e. The van der Waals surface area contributed by atoms with E-state index < -0.39 is 0 Å². The molecule has 2 aromatic rings. The molecule has 1 fully saturated rings. The van der Waals surface area contributed by atoms with Crippen molar-refractivity contribution in [3.63, 3.8) is 0 Å². The molecule has 136 valence electrons. The van der Waals surface area contributed by atoms with Crippen LogP contribution in [0.5, 0.6) is 0 Å². The Morgan fingerprint density at radius 2 is 1.69 bits per heavy atom. The van der Waals surface area contributed by atoms with Crippen molar-refractivity contribution in [2.45, 2.75) is 32.6 Å². The molecular formula is C21H25N3O2. The summed E-state index contributed by atoms with van der Waals surface area (Å²) in [6.45, 7) is 7.86. The average Bonchev–Trinajstić information content (AvgIpc) is 2.62. The number of hydrogen-bond donors (Lipinski definition) is 2. The van der Waals surface area contributed by atoms with Crippen LogP contribution in [0.3, 0.4) is 0 Å². The number of urea groups is 1. The van der Waals surface area contributed by atoms with Crippen LogP contribution in [0.15, 0.2) is 48.5 Å². The van der Waals surface area contributed by atoms with Gasteiger partial charge in [0.2, 0.25) is 0 Å². The maximum atomic E-state index is 12.4. The van der Waals surface area contributed by atoms with Crippen molar-refractivity contribution in [1.29, 1.82) is 0 Å². The summed E-state index contributed by atoms with van der Waals surface area (Å²) < 4.78 is 0. The monoisotopic (exact) mass is 351 g/mol. The third-order valence-electron chi connectivity index (χ3n) is 4.53. The Bertz CT molecular complexity index is 790. The van der Waals surface area contributed by atoms with Gasteiger partial charge in [-0.25, -0.2) is 4.79 Å². The topological polar surface area (TPSA) is 61.4 Å². The second kappa shape index (κ2) is 7.20. The van der Waals surface area contributed by atoms with E-state index in [4.69, 9.17) is 0 Å². The van der Waals surface area contributed by atoms with E-state index in [1.165, 1.54) is 5.56 Å². The number of nitrogens with zero attached hydrogens (tertiary/aromatic N) is 1. The zero-order valence-electron chi connectivity index (χ0n) is 15.5. The predicted octanol–water partition coefficient (Wildman–Crippen LogP) is 4.16. The molecule has 0 saturated carbocycles. The van der Waals surface area contributed by atoms with Crippen molar-refractivity contribution >= 4 is 23.3 Å². The molecule has 0 aliphatic carbocycles. The highest BCUT2D eigenvalue weighted by Crippen LogP contribution is 2.23. The summed E-state index contributed by atoms with van der Waals surface area (Å²) >= 11 is 0. The first-order valence-electron chi connectivity index (χ1n) is 8.92. The number of amides is 3. The van der Waals surface area contributed by atoms with E-state index in [2.05, 4.69) is 31.4 Å². The molecule has 1 aliphatic rings. The Balaban J connectivity index is 1.67. The highest BCUT2D eigenvalue weighted by Gasteiger charge is 2.19. The van der Waals surface area contributed by atoms with Crippen LogP contribution in [0.1, 0.15) is 43.1 Å². The van der Waals surface area contributed by atoms with Crippen molar-refractivity contribution in [3.8, 4) is 0 Å². The first-order chi connectivity index (χ1) is 12.3. The Morgan fingerprint density at radius 3 is 2.27 bits per heavy atom. The van der Waals surface area contributed by atoms with Gasteiger partial charge < -0.3 is 10.6 Å². The van der Waals surface area contributed by atoms with Gasteiger partial charge in [0.25, 0.3) is 5.91 Å². The number of anilines is 2. The maximum absolute atomic E-state index is 12.4. The molecule has 5 heteroatoms. The van der Waals surface area contributed by atoms with Crippen LogP contribution in [-0.4, -0.2) is 25.0 Å². The fourth-order valence-corrected chi connectivity index (χ4v) is 2.93. The van der Waals surface area contributed by atoms with E-state index in [1.807, 2.05) is 48.5 Å². The van der Waals surface area contributed by atoms with E-state index in [0.29, 0.717) is 17.8 Å². The van der Waals surface area contributed by atoms with Crippen LogP contribution >= 0.6 is 0 Å². The zero-order valence-corrected chi connectivity index (χ0v) is 15.5. The third kappa shape index (κ3) is 4.04. The van der Waals surface area contributed by atoms with E-state index in [-0.39, 0.29) is 17.4 Å². The number of carbonyl (C=O) groups is 2. The van der Waals surface area contributed by atoms with Crippen LogP contribution in [0.2, 0.25) is 0 Å². The standard InChI is InChI=1S/C21H25N3O2/c1-21(2,3)16-7-5-15(6-8-16)19(25)23-17-9-11-18(12-10-17)24-14-4-13-22-20(24)26/h5-12H,4,13-14H2,1-3H3,(H,22,26)(H,23,25). The van der Waals surface area contributed by atoms with Crippen LogP contribution in [0.4, 0.5) is 16.2 Å². The molecule has 1 heterocycles. The van der Waals surface area contributed by atoms with E-state index >= 15 is 0 Å². The van der Waals surface area contributed by atoms with E-state index in [9.17, 15) is 9.59 Å². The van der Waals surface area contributed by atoms with Gasteiger partial charge in [0.05, 0.1) is 0 Å². The summed E-state index contributed by atoms with van der Waals surface area (Å²) in [5.41, 5.74) is 3.41. The smallest absolute Gasteiger partial charge is 0.321 e. The summed E-state index contributed by atoms with van der Waals surface area (Å²) in [5, 5.41) is 5.73. The molecule has 2 N–H and O–H groups in total. The van der Waals surface area contributed by atoms with Crippen molar-refractivity contribution in [2.24, 2.45) is 0 Å². The SMILES string of the molecule is CC(C)(C)c1ccc(C(=O)Nc2ccc(N3CCCNC3=O)cc2)cc1. The van der Waals surface area contributed by atoms with Crippen molar-refractivity contribution in [1.82, 2.24) is 5.32 Å². The minimum Gasteiger partial charge on any atom is -0.338 e. The van der Waals surface area contributed by atoms with Crippen LogP contribution in [-0.2, 0) is 5.41 Å². The second-order valence-corrected chi connectivity index (χ2v) is 7.57. The molecule has 0 atom stereocenters. The predicted molar refractivity (Wildman–Crippen MR) is 105 cm³/mol. The summed E-state index contributed by atoms with van der Waals surface area (Å²) in [6, 6.07) is 14.9. The lowest BCUT2D eigenvalue weighted by Gasteiger charge is -2.27. The second-order valence-electron chi connectivity index (χ2n) is 7.57. The Morgan fingerprint density at radius 1 is 1.04 bits per heavy atom. The van der Waals surface area contributed by atoms with Gasteiger partial charge >= 0.3 is 6.03 Å². The molecule has 1 saturated heterocycles. The molecule has 0 bridgehead atoms. The summed E-state index contributed by atoms with van der Waals surface area (Å²) in [7, 11) is 0. The number of hydrogen-bond acceptors (Lipinski definition) is 2. The van der Waals surface area contributed by atoms with Gasteiger partial charge in [-0.05, 0) is 53.8 Å². The average molecular weight is 351 g/mol. The minimum absolute atomic E-state index is 0.0611. The summed E-state index contributed by atoms with van der Waals surface area (Å²) in [4.78, 5) is 26.0. The first kappa shape index (κ1) is 18.0. The van der Waals surface area contributed by atoms with Crippen LogP contribution < -0.4 is 15.5 Å². The van der Waals surface area contributed by atoms with Gasteiger partial charge in [0, 0.05) is 30.0 Å². The van der Waals surface area contributed by atoms with Gasteiger partial charge in [0.15, 0.2) is 0 Å². The third-order valence-corrected chi connectivity index (χ3v) is 4.53. The quantitative estimate of drug-likeness (QED) is 0.872. The van der Waals surface area contributed by atoms with Gasteiger partial charge in [-0.3, -0.25) is 9.69 Å². The van der Waals surface area contributed by atoms with E-state index in [0.717, 1.165) is 18.7 Å². The van der Waals surface area contributed by atoms with Gasteiger partial charge in [-0.1, -0.05) is 32.9 Å². The molecule has 3 rings (SSSR count). The molecule has 0 unspecified atom stereocenters. The van der Waals surface area contributed by atoms with Crippen molar-refractivity contribution in [2.75, 3.05) is 23.3 Å². The lowest BCUT2D eigenvalue weighted by atomic mass is 9.87. The number of rotatable bonds is 3. The molecule has 26 heavy (non-hydrogen) atoms. The molecule has 5 nitrogen and oxygen atoms in total. The van der Waals surface area contributed by atoms with Crippen LogP contribution in [0.25, 0.3) is 0 Å². The van der Waals surface area contributed by atoms with Crippen molar-refractivity contribution < 1.29 is 9.59 Å². The van der Waals surface area contributed by atoms with Gasteiger partial charge in [0.1, 0.15) is 0 Å². The fourth-order valence-electron chi connectivity index (χ4n) is 2.93. The zero-order chi connectivity index (χ0) is 18.7. The Kier molecular flexibility index (Phi) is 4.98. The molecule has 3 amide bonds. The van der Waals surface area contributed by atoms with Crippen LogP contribution in [0, 0.1) is 0 Å². The highest BCUT2D eigenvalue weighted by atomic mass is 16.2. The first-order valence-corrected chi connectivity index (χ1v) is 8.92. The van der Waals surface area contributed by atoms with Gasteiger partial charge in [-0.2, -0.15) is 0 Å². The summed E-state index contributed by atoms with van der Waals surface area (Å²) in [5.74, 6) is -0.145. The molecule has 0 radical (unpaired) electrons. The summed E-state index contributed by atoms with van der Waals surface area (Å²) in [6.07, 6.45) is 0.925. The number of benzene rings is 2. The van der Waals surface area contributed by atoms with E-state index in [1.54, 1.807) is 4.90 Å². The molecule has 1 aliphatic heterocycles.